The Morgan fingerprint density at radius 3 is 1.40 bits per heavy atom. The van der Waals surface area contributed by atoms with Crippen LogP contribution >= 0.6 is 24.8 Å². The SMILES string of the molecule is Cc1cc(N)ccc1NCCCCCO.Cc1cc([N+](=O)[O-])ccc1F.Cc1cc([N+](=O)[O-])ccc1NCCCCCO.Cl.Cl.NCCCCCO. The Morgan fingerprint density at radius 2 is 1.02 bits per heavy atom. The Hall–Kier alpha value is -3.79. The molecule has 52 heavy (non-hydrogen) atoms. The highest BCUT2D eigenvalue weighted by Gasteiger charge is 2.08. The second-order valence-corrected chi connectivity index (χ2v) is 11.5. The summed E-state index contributed by atoms with van der Waals surface area (Å²) in [5, 5.41) is 52.8. The molecule has 0 saturated heterocycles. The molecule has 0 saturated carbocycles. The van der Waals surface area contributed by atoms with E-state index in [1.165, 1.54) is 24.6 Å². The normalized spacial score (nSPS) is 9.62. The largest absolute Gasteiger partial charge is 0.399 e. The highest BCUT2D eigenvalue weighted by molar-refractivity contribution is 5.85. The molecule has 0 aliphatic carbocycles. The zero-order valence-corrected chi connectivity index (χ0v) is 32.2. The van der Waals surface area contributed by atoms with Crippen LogP contribution in [0.25, 0.3) is 0 Å². The van der Waals surface area contributed by atoms with Crippen LogP contribution in [0.3, 0.4) is 0 Å². The molecule has 296 valence electrons. The molecular weight excluding hydrogens is 718 g/mol. The molecular formula is C36H59Cl2FN6O7. The fourth-order valence-electron chi connectivity index (χ4n) is 4.29. The predicted molar refractivity (Wildman–Crippen MR) is 215 cm³/mol. The average molecular weight is 778 g/mol. The minimum Gasteiger partial charge on any atom is -0.399 e. The smallest absolute Gasteiger partial charge is 0.269 e. The lowest BCUT2D eigenvalue weighted by molar-refractivity contribution is -0.385. The number of rotatable bonds is 18. The van der Waals surface area contributed by atoms with Gasteiger partial charge in [0.1, 0.15) is 5.82 Å². The number of aliphatic hydroxyl groups excluding tert-OH is 3. The zero-order chi connectivity index (χ0) is 37.7. The van der Waals surface area contributed by atoms with Crippen molar-refractivity contribution in [1.82, 2.24) is 0 Å². The summed E-state index contributed by atoms with van der Waals surface area (Å²) < 4.78 is 12.5. The van der Waals surface area contributed by atoms with Crippen LogP contribution in [0.2, 0.25) is 0 Å². The molecule has 0 fully saturated rings. The average Bonchev–Trinajstić information content (AvgIpc) is 3.08. The van der Waals surface area contributed by atoms with Crippen LogP contribution in [0, 0.1) is 46.8 Å². The van der Waals surface area contributed by atoms with E-state index < -0.39 is 15.7 Å². The molecule has 0 unspecified atom stereocenters. The van der Waals surface area contributed by atoms with Gasteiger partial charge in [0.25, 0.3) is 11.4 Å². The molecule has 0 bridgehead atoms. The standard InChI is InChI=1S/C12H18N2O3.C12H20N2O.C7H6FNO2.C5H13NO.2ClH/c1-10-9-11(14(16)17)5-6-12(10)13-7-3-2-4-8-15;1-10-9-11(13)5-6-12(10)14-7-3-2-4-8-15;1-5-4-6(9(10)11)2-3-7(5)8;6-4-2-1-3-5-7;;/h5-6,9,13,15H,2-4,7-8H2,1H3;5-6,9,14-15H,2-4,7-8,13H2,1H3;2-4H,1H3;7H,1-6H2;2*1H. The Balaban J connectivity index is -0.000000633. The van der Waals surface area contributed by atoms with E-state index >= 15 is 0 Å². The maximum atomic E-state index is 12.5. The van der Waals surface area contributed by atoms with E-state index in [1.807, 2.05) is 32.0 Å². The van der Waals surface area contributed by atoms with Crippen molar-refractivity contribution in [2.75, 3.05) is 55.8 Å². The number of benzene rings is 3. The van der Waals surface area contributed by atoms with E-state index in [-0.39, 0.29) is 42.8 Å². The molecule has 16 heteroatoms. The third kappa shape index (κ3) is 25.2. The summed E-state index contributed by atoms with van der Waals surface area (Å²) >= 11 is 0. The molecule has 9 N–H and O–H groups in total. The fraction of sp³-hybridized carbons (Fsp3) is 0.500. The molecule has 0 amide bonds. The van der Waals surface area contributed by atoms with Gasteiger partial charge in [-0.1, -0.05) is 0 Å². The number of nitrogens with two attached hydrogens (primary N) is 2. The predicted octanol–water partition coefficient (Wildman–Crippen LogP) is 7.62. The lowest BCUT2D eigenvalue weighted by atomic mass is 10.1. The van der Waals surface area contributed by atoms with Gasteiger partial charge in [-0.15, -0.1) is 24.8 Å². The molecule has 13 nitrogen and oxygen atoms in total. The van der Waals surface area contributed by atoms with E-state index in [4.69, 9.17) is 26.8 Å². The molecule has 0 atom stereocenters. The topological polar surface area (TPSA) is 223 Å². The quantitative estimate of drug-likeness (QED) is 0.0288. The van der Waals surface area contributed by atoms with Gasteiger partial charge >= 0.3 is 0 Å². The van der Waals surface area contributed by atoms with Crippen molar-refractivity contribution in [2.24, 2.45) is 5.73 Å². The first-order chi connectivity index (χ1) is 23.9. The van der Waals surface area contributed by atoms with Crippen molar-refractivity contribution in [3.63, 3.8) is 0 Å². The molecule has 0 aliphatic heterocycles. The molecule has 0 radical (unpaired) electrons. The van der Waals surface area contributed by atoms with Gasteiger partial charge in [-0.2, -0.15) is 0 Å². The van der Waals surface area contributed by atoms with Crippen molar-refractivity contribution in [3.05, 3.63) is 97.3 Å². The number of halogens is 3. The lowest BCUT2D eigenvalue weighted by Gasteiger charge is -2.09. The van der Waals surface area contributed by atoms with Crippen LogP contribution in [0.5, 0.6) is 0 Å². The molecule has 0 heterocycles. The van der Waals surface area contributed by atoms with Crippen LogP contribution in [-0.2, 0) is 0 Å². The number of aliphatic hydroxyl groups is 3. The number of non-ortho nitro benzene ring substituents is 2. The maximum Gasteiger partial charge on any atom is 0.269 e. The van der Waals surface area contributed by atoms with Gasteiger partial charge in [0.2, 0.25) is 0 Å². The number of nitrogen functional groups attached to an aromatic ring is 1. The minimum atomic E-state index is -0.549. The fourth-order valence-corrected chi connectivity index (χ4v) is 4.29. The monoisotopic (exact) mass is 776 g/mol. The Bertz CT molecular complexity index is 1390. The Morgan fingerprint density at radius 1 is 0.615 bits per heavy atom. The highest BCUT2D eigenvalue weighted by atomic mass is 35.5. The van der Waals surface area contributed by atoms with E-state index in [0.717, 1.165) is 112 Å². The highest BCUT2D eigenvalue weighted by Crippen LogP contribution is 2.21. The van der Waals surface area contributed by atoms with Gasteiger partial charge in [0.15, 0.2) is 0 Å². The summed E-state index contributed by atoms with van der Waals surface area (Å²) in [6, 6.07) is 14.1. The minimum absolute atomic E-state index is 0. The van der Waals surface area contributed by atoms with Crippen molar-refractivity contribution >= 4 is 53.3 Å². The van der Waals surface area contributed by atoms with E-state index in [9.17, 15) is 24.6 Å². The van der Waals surface area contributed by atoms with Crippen molar-refractivity contribution in [2.45, 2.75) is 78.6 Å². The molecule has 0 aromatic heterocycles. The van der Waals surface area contributed by atoms with E-state index in [0.29, 0.717) is 18.8 Å². The summed E-state index contributed by atoms with van der Waals surface area (Å²) in [7, 11) is 0. The van der Waals surface area contributed by atoms with Crippen LogP contribution in [0.4, 0.5) is 32.8 Å². The third-order valence-corrected chi connectivity index (χ3v) is 7.19. The number of nitro benzene ring substituents is 2. The Kier molecular flexibility index (Phi) is 33.4. The molecule has 0 aliphatic rings. The number of hydrogen-bond acceptors (Lipinski definition) is 11. The first-order valence-electron chi connectivity index (χ1n) is 16.9. The first-order valence-corrected chi connectivity index (χ1v) is 16.9. The summed E-state index contributed by atoms with van der Waals surface area (Å²) in [5.74, 6) is -0.421. The Labute approximate surface area is 319 Å². The van der Waals surface area contributed by atoms with Crippen LogP contribution in [-0.4, -0.2) is 64.6 Å². The first kappa shape index (κ1) is 52.6. The van der Waals surface area contributed by atoms with Gasteiger partial charge in [-0.3, -0.25) is 20.2 Å². The summed E-state index contributed by atoms with van der Waals surface area (Å²) in [6.45, 7) is 8.73. The number of aryl methyl sites for hydroxylation is 3. The molecule has 3 rings (SSSR count). The van der Waals surface area contributed by atoms with Gasteiger partial charge in [-0.05, 0) is 132 Å². The second-order valence-electron chi connectivity index (χ2n) is 11.5. The van der Waals surface area contributed by atoms with Gasteiger partial charge in [0, 0.05) is 74.2 Å². The number of anilines is 3. The van der Waals surface area contributed by atoms with E-state index in [1.54, 1.807) is 12.1 Å². The lowest BCUT2D eigenvalue weighted by Crippen LogP contribution is -2.03. The van der Waals surface area contributed by atoms with Crippen molar-refractivity contribution in [1.29, 1.82) is 0 Å². The second kappa shape index (κ2) is 33.1. The number of nitrogens with zero attached hydrogens (tertiary/aromatic N) is 2. The van der Waals surface area contributed by atoms with Crippen molar-refractivity contribution < 1.29 is 29.6 Å². The van der Waals surface area contributed by atoms with Gasteiger partial charge in [-0.25, -0.2) is 4.39 Å². The number of hydrogen-bond donors (Lipinski definition) is 7. The zero-order valence-electron chi connectivity index (χ0n) is 30.5. The van der Waals surface area contributed by atoms with E-state index in [2.05, 4.69) is 10.6 Å². The van der Waals surface area contributed by atoms with Crippen LogP contribution in [0.15, 0.2) is 54.6 Å². The van der Waals surface area contributed by atoms with Gasteiger partial charge < -0.3 is 37.4 Å². The summed E-state index contributed by atoms with van der Waals surface area (Å²) in [4.78, 5) is 19.8. The molecule has 0 spiro atoms. The van der Waals surface area contributed by atoms with Gasteiger partial charge in [0.05, 0.1) is 9.85 Å². The number of nitro groups is 2. The van der Waals surface area contributed by atoms with Crippen LogP contribution in [0.1, 0.15) is 74.5 Å². The molecule has 3 aromatic carbocycles. The number of nitrogens with one attached hydrogen (secondary N) is 2. The maximum absolute atomic E-state index is 12.5. The summed E-state index contributed by atoms with van der Waals surface area (Å²) in [6.07, 6.45) is 8.84. The molecule has 3 aromatic rings. The summed E-state index contributed by atoms with van der Waals surface area (Å²) in [5.41, 5.74) is 16.1. The van der Waals surface area contributed by atoms with Crippen molar-refractivity contribution in [3.8, 4) is 0 Å². The number of unbranched alkanes of at least 4 members (excludes halogenated alkanes) is 6. The van der Waals surface area contributed by atoms with Crippen LogP contribution < -0.4 is 22.1 Å². The third-order valence-electron chi connectivity index (χ3n) is 7.19.